The quantitative estimate of drug-likeness (QED) is 0.895. The molecule has 0 spiro atoms. The Hall–Kier alpha value is -2.27. The SMILES string of the molecule is O=C(O)c1cccc(Sc2ccccc2)c1C(=O)O. The van der Waals surface area contributed by atoms with Gasteiger partial charge in [-0.15, -0.1) is 0 Å². The Morgan fingerprint density at radius 2 is 1.53 bits per heavy atom. The van der Waals surface area contributed by atoms with Gasteiger partial charge in [-0.05, 0) is 24.3 Å². The predicted octanol–water partition coefficient (Wildman–Crippen LogP) is 3.23. The minimum absolute atomic E-state index is 0.177. The maximum absolute atomic E-state index is 11.3. The highest BCUT2D eigenvalue weighted by molar-refractivity contribution is 7.99. The van der Waals surface area contributed by atoms with Crippen LogP contribution in [0.5, 0.6) is 0 Å². The van der Waals surface area contributed by atoms with Gasteiger partial charge in [0, 0.05) is 9.79 Å². The molecule has 2 N–H and O–H groups in total. The number of aromatic carboxylic acids is 2. The third-order valence-electron chi connectivity index (χ3n) is 2.44. The van der Waals surface area contributed by atoms with E-state index in [0.717, 1.165) is 4.90 Å². The van der Waals surface area contributed by atoms with Crippen molar-refractivity contribution in [3.63, 3.8) is 0 Å². The molecular formula is C14H10O4S. The molecule has 96 valence electrons. The molecule has 0 fully saturated rings. The van der Waals surface area contributed by atoms with Gasteiger partial charge in [-0.1, -0.05) is 36.0 Å². The van der Waals surface area contributed by atoms with Gasteiger partial charge in [-0.2, -0.15) is 0 Å². The summed E-state index contributed by atoms with van der Waals surface area (Å²) in [6.07, 6.45) is 0. The summed E-state index contributed by atoms with van der Waals surface area (Å²) >= 11 is 1.23. The van der Waals surface area contributed by atoms with E-state index < -0.39 is 11.9 Å². The highest BCUT2D eigenvalue weighted by Crippen LogP contribution is 2.32. The molecule has 0 bridgehead atoms. The first-order valence-corrected chi connectivity index (χ1v) is 6.23. The zero-order valence-electron chi connectivity index (χ0n) is 9.74. The number of benzene rings is 2. The van der Waals surface area contributed by atoms with E-state index in [9.17, 15) is 14.7 Å². The summed E-state index contributed by atoms with van der Waals surface area (Å²) in [5.41, 5.74) is -0.378. The molecule has 0 aliphatic carbocycles. The van der Waals surface area contributed by atoms with Gasteiger partial charge in [0.2, 0.25) is 0 Å². The van der Waals surface area contributed by atoms with Crippen molar-refractivity contribution in [3.8, 4) is 0 Å². The van der Waals surface area contributed by atoms with Crippen LogP contribution in [0.1, 0.15) is 20.7 Å². The highest BCUT2D eigenvalue weighted by atomic mass is 32.2. The second-order valence-electron chi connectivity index (χ2n) is 3.70. The van der Waals surface area contributed by atoms with Crippen molar-refractivity contribution in [3.05, 3.63) is 59.7 Å². The molecular weight excluding hydrogens is 264 g/mol. The van der Waals surface area contributed by atoms with Crippen molar-refractivity contribution in [2.24, 2.45) is 0 Å². The van der Waals surface area contributed by atoms with Crippen molar-refractivity contribution >= 4 is 23.7 Å². The van der Waals surface area contributed by atoms with Crippen molar-refractivity contribution < 1.29 is 19.8 Å². The van der Waals surface area contributed by atoms with Gasteiger partial charge in [0.05, 0.1) is 11.1 Å². The van der Waals surface area contributed by atoms with E-state index in [1.54, 1.807) is 12.1 Å². The molecule has 0 heterocycles. The van der Waals surface area contributed by atoms with E-state index >= 15 is 0 Å². The van der Waals surface area contributed by atoms with Gasteiger partial charge in [0.15, 0.2) is 0 Å². The number of carboxylic acid groups (broad SMARTS) is 2. The molecule has 0 aromatic heterocycles. The van der Waals surface area contributed by atoms with E-state index in [0.29, 0.717) is 4.90 Å². The minimum Gasteiger partial charge on any atom is -0.478 e. The van der Waals surface area contributed by atoms with E-state index in [1.807, 2.05) is 30.3 Å². The monoisotopic (exact) mass is 274 g/mol. The van der Waals surface area contributed by atoms with Crippen LogP contribution >= 0.6 is 11.8 Å². The third kappa shape index (κ3) is 2.95. The van der Waals surface area contributed by atoms with Crippen molar-refractivity contribution in [2.75, 3.05) is 0 Å². The summed E-state index contributed by atoms with van der Waals surface area (Å²) in [7, 11) is 0. The highest BCUT2D eigenvalue weighted by Gasteiger charge is 2.20. The molecule has 2 aromatic rings. The van der Waals surface area contributed by atoms with Crippen LogP contribution in [0.4, 0.5) is 0 Å². The van der Waals surface area contributed by atoms with E-state index in [-0.39, 0.29) is 11.1 Å². The molecule has 0 saturated carbocycles. The van der Waals surface area contributed by atoms with Gasteiger partial charge >= 0.3 is 11.9 Å². The fraction of sp³-hybridized carbons (Fsp3) is 0. The van der Waals surface area contributed by atoms with E-state index in [4.69, 9.17) is 5.11 Å². The molecule has 0 unspecified atom stereocenters. The lowest BCUT2D eigenvalue weighted by molar-refractivity contribution is 0.0648. The average Bonchev–Trinajstić information content (AvgIpc) is 2.39. The molecule has 2 aromatic carbocycles. The van der Waals surface area contributed by atoms with Gasteiger partial charge in [-0.25, -0.2) is 9.59 Å². The molecule has 4 nitrogen and oxygen atoms in total. The van der Waals surface area contributed by atoms with Crippen LogP contribution < -0.4 is 0 Å². The minimum atomic E-state index is -1.24. The molecule has 0 radical (unpaired) electrons. The second kappa shape index (κ2) is 5.58. The Balaban J connectivity index is 2.48. The third-order valence-corrected chi connectivity index (χ3v) is 3.51. The van der Waals surface area contributed by atoms with Crippen LogP contribution in [-0.4, -0.2) is 22.2 Å². The largest absolute Gasteiger partial charge is 0.478 e. The molecule has 0 amide bonds. The summed E-state index contributed by atoms with van der Waals surface area (Å²) in [6.45, 7) is 0. The van der Waals surface area contributed by atoms with Crippen LogP contribution in [0, 0.1) is 0 Å². The Morgan fingerprint density at radius 3 is 2.11 bits per heavy atom. The summed E-state index contributed by atoms with van der Waals surface area (Å²) in [5.74, 6) is -2.48. The standard InChI is InChI=1S/C14H10O4S/c15-13(16)10-7-4-8-11(12(10)14(17)18)19-9-5-2-1-3-6-9/h1-8H,(H,15,16)(H,17,18). The fourth-order valence-corrected chi connectivity index (χ4v) is 2.62. The maximum atomic E-state index is 11.3. The van der Waals surface area contributed by atoms with Crippen molar-refractivity contribution in [1.29, 1.82) is 0 Å². The lowest BCUT2D eigenvalue weighted by Crippen LogP contribution is -2.09. The zero-order chi connectivity index (χ0) is 13.8. The first kappa shape index (κ1) is 13.2. The molecule has 2 rings (SSSR count). The maximum Gasteiger partial charge on any atom is 0.337 e. The predicted molar refractivity (Wildman–Crippen MR) is 70.9 cm³/mol. The lowest BCUT2D eigenvalue weighted by Gasteiger charge is -2.08. The second-order valence-corrected chi connectivity index (χ2v) is 4.82. The Bertz CT molecular complexity index is 623. The summed E-state index contributed by atoms with van der Waals surface area (Å²) < 4.78 is 0. The van der Waals surface area contributed by atoms with Gasteiger partial charge in [0.1, 0.15) is 0 Å². The Labute approximate surface area is 113 Å². The number of hydrogen-bond acceptors (Lipinski definition) is 3. The summed E-state index contributed by atoms with van der Waals surface area (Å²) in [6, 6.07) is 13.6. The lowest BCUT2D eigenvalue weighted by atomic mass is 10.1. The van der Waals surface area contributed by atoms with Crippen LogP contribution in [0.2, 0.25) is 0 Å². The van der Waals surface area contributed by atoms with Gasteiger partial charge in [-0.3, -0.25) is 0 Å². The van der Waals surface area contributed by atoms with E-state index in [2.05, 4.69) is 0 Å². The van der Waals surface area contributed by atoms with Crippen molar-refractivity contribution in [2.45, 2.75) is 9.79 Å². The fourth-order valence-electron chi connectivity index (χ4n) is 1.63. The topological polar surface area (TPSA) is 74.6 Å². The number of rotatable bonds is 4. The average molecular weight is 274 g/mol. The molecule has 0 atom stereocenters. The van der Waals surface area contributed by atoms with Crippen LogP contribution in [0.3, 0.4) is 0 Å². The summed E-state index contributed by atoms with van der Waals surface area (Å²) in [5, 5.41) is 18.2. The van der Waals surface area contributed by atoms with Crippen LogP contribution in [0.15, 0.2) is 58.3 Å². The molecule has 0 saturated heterocycles. The van der Waals surface area contributed by atoms with Crippen LogP contribution in [-0.2, 0) is 0 Å². The van der Waals surface area contributed by atoms with E-state index in [1.165, 1.54) is 17.8 Å². The first-order chi connectivity index (χ1) is 9.09. The molecule has 5 heteroatoms. The van der Waals surface area contributed by atoms with Crippen molar-refractivity contribution in [1.82, 2.24) is 0 Å². The molecule has 0 aliphatic heterocycles. The Morgan fingerprint density at radius 1 is 0.842 bits per heavy atom. The zero-order valence-corrected chi connectivity index (χ0v) is 10.6. The molecule has 0 aliphatic rings. The number of hydrogen-bond donors (Lipinski definition) is 2. The van der Waals surface area contributed by atoms with Gasteiger partial charge < -0.3 is 10.2 Å². The van der Waals surface area contributed by atoms with Gasteiger partial charge in [0.25, 0.3) is 0 Å². The number of carboxylic acids is 2. The van der Waals surface area contributed by atoms with Crippen LogP contribution in [0.25, 0.3) is 0 Å². The normalized spacial score (nSPS) is 10.1. The summed E-state index contributed by atoms with van der Waals surface area (Å²) in [4.78, 5) is 23.6. The number of carbonyl (C=O) groups is 2. The molecule has 19 heavy (non-hydrogen) atoms. The smallest absolute Gasteiger partial charge is 0.337 e. The Kier molecular flexibility index (Phi) is 3.87. The first-order valence-electron chi connectivity index (χ1n) is 5.42.